The number of fused-ring (bicyclic) bond motifs is 4. The maximum Gasteiger partial charge on any atom is 0.278 e. The Morgan fingerprint density at radius 1 is 1.30 bits per heavy atom. The van der Waals surface area contributed by atoms with Gasteiger partial charge in [-0.2, -0.15) is 9.36 Å². The molecule has 0 spiro atoms. The topological polar surface area (TPSA) is 206 Å². The molecular formula is C21H26N8O6S2. The predicted molar refractivity (Wildman–Crippen MR) is 130 cm³/mol. The molecule has 2 bridgehead atoms. The van der Waals surface area contributed by atoms with Crippen molar-refractivity contribution in [2.45, 2.75) is 30.7 Å². The molecule has 5 aliphatic heterocycles. The highest BCUT2D eigenvalue weighted by atomic mass is 32.2. The minimum absolute atomic E-state index is 0.0447. The number of nitrogens with one attached hydrogen (secondary N) is 1. The molecule has 1 unspecified atom stereocenters. The minimum Gasteiger partial charge on any atom is -0.543 e. The molecule has 6 rings (SSSR count). The van der Waals surface area contributed by atoms with E-state index in [0.717, 1.165) is 31.2 Å². The molecule has 3 amide bonds. The van der Waals surface area contributed by atoms with Crippen molar-refractivity contribution in [2.24, 2.45) is 16.3 Å². The van der Waals surface area contributed by atoms with E-state index in [1.807, 2.05) is 0 Å². The number of primary amides is 1. The van der Waals surface area contributed by atoms with Gasteiger partial charge >= 0.3 is 0 Å². The number of piperidine rings is 3. The van der Waals surface area contributed by atoms with Crippen LogP contribution in [0.2, 0.25) is 0 Å². The molecule has 37 heavy (non-hydrogen) atoms. The van der Waals surface area contributed by atoms with Crippen LogP contribution in [0.5, 0.6) is 0 Å². The number of hydrogen-bond acceptors (Lipinski definition) is 12. The highest BCUT2D eigenvalue weighted by molar-refractivity contribution is 8.00. The first-order valence-electron chi connectivity index (χ1n) is 11.6. The highest BCUT2D eigenvalue weighted by Gasteiger charge is 2.56. The van der Waals surface area contributed by atoms with E-state index in [1.165, 1.54) is 23.8 Å². The Kier molecular flexibility index (Phi) is 6.35. The average Bonchev–Trinajstić information content (AvgIpc) is 3.31. The molecule has 1 aromatic rings. The Morgan fingerprint density at radius 3 is 2.51 bits per heavy atom. The molecule has 5 N–H and O–H groups in total. The van der Waals surface area contributed by atoms with E-state index in [2.05, 4.69) is 19.8 Å². The lowest BCUT2D eigenvalue weighted by atomic mass is 9.70. The number of nitrogens with two attached hydrogens (primary N) is 2. The number of carbonyl (C=O) groups excluding carboxylic acids is 4. The van der Waals surface area contributed by atoms with Crippen LogP contribution in [0.3, 0.4) is 0 Å². The molecule has 198 valence electrons. The van der Waals surface area contributed by atoms with Crippen LogP contribution in [0.1, 0.15) is 25.1 Å². The number of nitrogen functional groups attached to an aromatic ring is 1. The second kappa shape index (κ2) is 9.25. The van der Waals surface area contributed by atoms with Crippen molar-refractivity contribution in [1.29, 1.82) is 0 Å². The van der Waals surface area contributed by atoms with E-state index >= 15 is 0 Å². The van der Waals surface area contributed by atoms with Crippen molar-refractivity contribution < 1.29 is 33.6 Å². The number of carbonyl (C=O) groups is 4. The van der Waals surface area contributed by atoms with E-state index in [-0.39, 0.29) is 28.3 Å². The van der Waals surface area contributed by atoms with Gasteiger partial charge in [0.2, 0.25) is 17.4 Å². The van der Waals surface area contributed by atoms with Crippen molar-refractivity contribution >= 4 is 57.8 Å². The van der Waals surface area contributed by atoms with Crippen molar-refractivity contribution in [3.8, 4) is 0 Å². The normalized spacial score (nSPS) is 31.0. The summed E-state index contributed by atoms with van der Waals surface area (Å²) in [6.07, 6.45) is 2.02. The Labute approximate surface area is 219 Å². The summed E-state index contributed by atoms with van der Waals surface area (Å²) in [6.45, 7) is 2.64. The Bertz CT molecular complexity index is 1220. The molecule has 1 aromatic heterocycles. The molecule has 16 heteroatoms. The van der Waals surface area contributed by atoms with Crippen LogP contribution in [-0.4, -0.2) is 98.6 Å². The van der Waals surface area contributed by atoms with Crippen molar-refractivity contribution in [3.05, 3.63) is 17.1 Å². The number of aromatic nitrogens is 2. The standard InChI is InChI=1S/C21H26N8O6S2/c1-35-26-11(14-25-20(23)37-27-14)15(30)24-12-16(31)28-13(18(32)33)10(9-36-17(12)28)8-29-5-2-21(3-6-29,4-7-29)19(22)34/h12,17H,2-9H2,1H3,(H5-,22,23,24,25,27,30,32,33,34)/t12?,17-,21?,29?/m1/s1. The summed E-state index contributed by atoms with van der Waals surface area (Å²) in [6, 6.07) is -0.973. The van der Waals surface area contributed by atoms with E-state index < -0.39 is 34.6 Å². The summed E-state index contributed by atoms with van der Waals surface area (Å²) in [7, 11) is 1.25. The zero-order valence-corrected chi connectivity index (χ0v) is 21.6. The first kappa shape index (κ1) is 25.4. The number of hydrogen-bond donors (Lipinski definition) is 3. The molecule has 0 saturated carbocycles. The van der Waals surface area contributed by atoms with Crippen LogP contribution in [-0.2, 0) is 24.0 Å². The van der Waals surface area contributed by atoms with Crippen LogP contribution in [0.25, 0.3) is 0 Å². The third kappa shape index (κ3) is 4.21. The van der Waals surface area contributed by atoms with E-state index in [1.54, 1.807) is 0 Å². The Balaban J connectivity index is 1.32. The monoisotopic (exact) mass is 550 g/mol. The van der Waals surface area contributed by atoms with Gasteiger partial charge in [0.15, 0.2) is 5.13 Å². The number of aliphatic carboxylic acids is 1. The second-order valence-electron chi connectivity index (χ2n) is 9.74. The summed E-state index contributed by atoms with van der Waals surface area (Å²) in [5.41, 5.74) is 11.0. The van der Waals surface area contributed by atoms with Gasteiger partial charge in [0, 0.05) is 42.1 Å². The first-order valence-corrected chi connectivity index (χ1v) is 13.5. The zero-order valence-electron chi connectivity index (χ0n) is 20.0. The number of oxime groups is 1. The molecular weight excluding hydrogens is 524 g/mol. The van der Waals surface area contributed by atoms with Gasteiger partial charge in [0.1, 0.15) is 25.1 Å². The van der Waals surface area contributed by atoms with Crippen LogP contribution < -0.4 is 21.9 Å². The van der Waals surface area contributed by atoms with E-state index in [4.69, 9.17) is 16.3 Å². The number of carboxylic acids is 1. The molecule has 4 saturated heterocycles. The van der Waals surface area contributed by atoms with Crippen LogP contribution in [0, 0.1) is 5.41 Å². The van der Waals surface area contributed by atoms with Crippen molar-refractivity contribution in [2.75, 3.05) is 44.8 Å². The van der Waals surface area contributed by atoms with E-state index in [0.29, 0.717) is 41.6 Å². The van der Waals surface area contributed by atoms with Crippen molar-refractivity contribution in [3.63, 3.8) is 0 Å². The van der Waals surface area contributed by atoms with Gasteiger partial charge in [-0.15, -0.1) is 11.8 Å². The quantitative estimate of drug-likeness (QED) is 0.133. The number of rotatable bonds is 8. The fraction of sp³-hybridized carbons (Fsp3) is 0.571. The average molecular weight is 551 g/mol. The SMILES string of the molecule is CON=C(C(=O)NC1C(=O)N2C(C(=O)[O-])=C(C[N+]34CCC(C(N)=O)(CC3)CC4)CS[C@H]12)c1nsc(N)n1. The van der Waals surface area contributed by atoms with E-state index in [9.17, 15) is 24.3 Å². The third-order valence-corrected chi connectivity index (χ3v) is 9.70. The molecule has 2 atom stereocenters. The molecule has 4 fully saturated rings. The van der Waals surface area contributed by atoms with Gasteiger partial charge in [0.25, 0.3) is 11.8 Å². The third-order valence-electron chi connectivity index (χ3n) is 7.82. The predicted octanol–water partition coefficient (Wildman–Crippen LogP) is -2.64. The number of amides is 3. The summed E-state index contributed by atoms with van der Waals surface area (Å²) < 4.78 is 4.61. The van der Waals surface area contributed by atoms with Crippen molar-refractivity contribution in [1.82, 2.24) is 19.6 Å². The van der Waals surface area contributed by atoms with Gasteiger partial charge in [-0.05, 0) is 0 Å². The summed E-state index contributed by atoms with van der Waals surface area (Å²) >= 11 is 2.25. The first-order chi connectivity index (χ1) is 17.6. The summed E-state index contributed by atoms with van der Waals surface area (Å²) in [4.78, 5) is 60.0. The van der Waals surface area contributed by atoms with Gasteiger partial charge in [0.05, 0.1) is 36.7 Å². The van der Waals surface area contributed by atoms with Gasteiger partial charge < -0.3 is 36.0 Å². The lowest BCUT2D eigenvalue weighted by molar-refractivity contribution is -0.940. The van der Waals surface area contributed by atoms with Gasteiger partial charge in [-0.1, -0.05) is 5.16 Å². The smallest absolute Gasteiger partial charge is 0.278 e. The number of quaternary nitrogens is 1. The van der Waals surface area contributed by atoms with Crippen LogP contribution in [0.15, 0.2) is 16.4 Å². The number of anilines is 1. The largest absolute Gasteiger partial charge is 0.543 e. The molecule has 0 radical (unpaired) electrons. The summed E-state index contributed by atoms with van der Waals surface area (Å²) in [5, 5.41) is 18.0. The Hall–Kier alpha value is -3.24. The minimum atomic E-state index is -1.43. The maximum absolute atomic E-state index is 13.1. The second-order valence-corrected chi connectivity index (χ2v) is 11.6. The maximum atomic E-state index is 13.1. The lowest BCUT2D eigenvalue weighted by Gasteiger charge is -2.55. The number of carboxylic acid groups (broad SMARTS) is 1. The van der Waals surface area contributed by atoms with Crippen LogP contribution >= 0.6 is 23.3 Å². The molecule has 0 aromatic carbocycles. The highest BCUT2D eigenvalue weighted by Crippen LogP contribution is 2.46. The zero-order chi connectivity index (χ0) is 26.5. The molecule has 0 aliphatic carbocycles. The number of β-lactam (4-membered cyclic amide) rings is 1. The number of thioether (sulfide) groups is 1. The fourth-order valence-electron chi connectivity index (χ4n) is 5.68. The Morgan fingerprint density at radius 2 is 1.97 bits per heavy atom. The molecule has 14 nitrogen and oxygen atoms in total. The lowest BCUT2D eigenvalue weighted by Crippen LogP contribution is -2.72. The van der Waals surface area contributed by atoms with Crippen LogP contribution in [0.4, 0.5) is 5.13 Å². The van der Waals surface area contributed by atoms with Gasteiger partial charge in [-0.25, -0.2) is 0 Å². The number of nitrogens with zero attached hydrogens (tertiary/aromatic N) is 5. The molecule has 6 heterocycles. The van der Waals surface area contributed by atoms with Gasteiger partial charge in [-0.3, -0.25) is 19.3 Å². The fourth-order valence-corrected chi connectivity index (χ4v) is 7.45. The molecule has 5 aliphatic rings. The summed E-state index contributed by atoms with van der Waals surface area (Å²) in [5.74, 6) is -2.68.